The maximum Gasteiger partial charge on any atom is 0.317 e. The van der Waals surface area contributed by atoms with Crippen LogP contribution >= 0.6 is 0 Å². The van der Waals surface area contributed by atoms with Gasteiger partial charge in [-0.2, -0.15) is 5.06 Å². The number of benzene rings is 1. The van der Waals surface area contributed by atoms with Crippen molar-refractivity contribution in [2.24, 2.45) is 0 Å². The van der Waals surface area contributed by atoms with E-state index in [0.717, 1.165) is 19.4 Å². The standard InChI is InChI=1S/C28H44N2O5/c1-25(2)15-14-21(17-26(3,4)29(25)19-20-12-10-9-11-13-20)34-23(31)16-24(32)35-22-18-27(5,6)30(33)28(22,7)8/h9-13,21-22,33H,14-19H2,1-8H3. The molecule has 0 bridgehead atoms. The topological polar surface area (TPSA) is 79.3 Å². The Hall–Kier alpha value is -1.96. The number of rotatable bonds is 6. The first-order chi connectivity index (χ1) is 16.0. The molecule has 0 radical (unpaired) electrons. The maximum atomic E-state index is 12.7. The molecule has 0 amide bonds. The average Bonchev–Trinajstić information content (AvgIpc) is 2.83. The Balaban J connectivity index is 1.60. The van der Waals surface area contributed by atoms with Gasteiger partial charge in [-0.25, -0.2) is 0 Å². The van der Waals surface area contributed by atoms with Gasteiger partial charge >= 0.3 is 11.9 Å². The summed E-state index contributed by atoms with van der Waals surface area (Å²) in [5.41, 5.74) is -0.269. The van der Waals surface area contributed by atoms with Crippen LogP contribution in [0.1, 0.15) is 93.1 Å². The van der Waals surface area contributed by atoms with Crippen LogP contribution in [0, 0.1) is 0 Å². The minimum Gasteiger partial charge on any atom is -0.462 e. The lowest BCUT2D eigenvalue weighted by Crippen LogP contribution is -2.54. The van der Waals surface area contributed by atoms with Crippen LogP contribution in [0.2, 0.25) is 0 Å². The number of hydrogen-bond donors (Lipinski definition) is 1. The quantitative estimate of drug-likeness (QED) is 0.441. The molecule has 1 aromatic rings. The summed E-state index contributed by atoms with van der Waals surface area (Å²) >= 11 is 0. The van der Waals surface area contributed by atoms with Gasteiger partial charge < -0.3 is 14.7 Å². The Morgan fingerprint density at radius 3 is 2.06 bits per heavy atom. The van der Waals surface area contributed by atoms with Crippen molar-refractivity contribution in [3.8, 4) is 0 Å². The Morgan fingerprint density at radius 1 is 0.886 bits per heavy atom. The van der Waals surface area contributed by atoms with Crippen LogP contribution in [0.15, 0.2) is 30.3 Å². The van der Waals surface area contributed by atoms with Gasteiger partial charge in [0.2, 0.25) is 0 Å². The monoisotopic (exact) mass is 488 g/mol. The molecule has 196 valence electrons. The molecular formula is C28H44N2O5. The summed E-state index contributed by atoms with van der Waals surface area (Å²) in [5, 5.41) is 11.7. The van der Waals surface area contributed by atoms with E-state index in [1.54, 1.807) is 0 Å². The van der Waals surface area contributed by atoms with Crippen molar-refractivity contribution >= 4 is 11.9 Å². The molecule has 2 atom stereocenters. The van der Waals surface area contributed by atoms with E-state index in [2.05, 4.69) is 56.9 Å². The minimum atomic E-state index is -0.734. The largest absolute Gasteiger partial charge is 0.462 e. The SMILES string of the molecule is CC1(C)CCC(OC(=O)CC(=O)OC2CC(C)(C)N(O)C2(C)C)CC(C)(C)N1Cc1ccccc1. The first-order valence-electron chi connectivity index (χ1n) is 12.7. The highest BCUT2D eigenvalue weighted by molar-refractivity contribution is 5.91. The molecular weight excluding hydrogens is 444 g/mol. The summed E-state index contributed by atoms with van der Waals surface area (Å²) in [5.74, 6) is -1.17. The van der Waals surface area contributed by atoms with E-state index in [9.17, 15) is 14.8 Å². The molecule has 1 aromatic carbocycles. The molecule has 2 fully saturated rings. The zero-order chi connectivity index (χ0) is 26.2. The number of hydrogen-bond acceptors (Lipinski definition) is 7. The molecule has 0 aliphatic carbocycles. The van der Waals surface area contributed by atoms with Gasteiger partial charge in [0.15, 0.2) is 0 Å². The van der Waals surface area contributed by atoms with Gasteiger partial charge in [0.25, 0.3) is 0 Å². The third-order valence-corrected chi connectivity index (χ3v) is 7.90. The van der Waals surface area contributed by atoms with Gasteiger partial charge in [-0.15, -0.1) is 0 Å². The highest BCUT2D eigenvalue weighted by Crippen LogP contribution is 2.41. The second-order valence-corrected chi connectivity index (χ2v) is 12.7. The van der Waals surface area contributed by atoms with Crippen molar-refractivity contribution in [1.82, 2.24) is 9.96 Å². The first-order valence-corrected chi connectivity index (χ1v) is 12.7. The minimum absolute atomic E-state index is 0.0730. The van der Waals surface area contributed by atoms with E-state index >= 15 is 0 Å². The van der Waals surface area contributed by atoms with Crippen molar-refractivity contribution in [2.45, 2.75) is 128 Å². The van der Waals surface area contributed by atoms with Gasteiger partial charge in [0, 0.05) is 36.0 Å². The second-order valence-electron chi connectivity index (χ2n) is 12.7. The van der Waals surface area contributed by atoms with Crippen molar-refractivity contribution < 1.29 is 24.3 Å². The molecule has 7 heteroatoms. The first kappa shape index (κ1) is 27.6. The smallest absolute Gasteiger partial charge is 0.317 e. The van der Waals surface area contributed by atoms with Crippen molar-refractivity contribution in [2.75, 3.05) is 0 Å². The van der Waals surface area contributed by atoms with Crippen LogP contribution in [-0.4, -0.2) is 61.5 Å². The van der Waals surface area contributed by atoms with Crippen LogP contribution in [0.5, 0.6) is 0 Å². The fourth-order valence-corrected chi connectivity index (χ4v) is 5.97. The van der Waals surface area contributed by atoms with Crippen LogP contribution in [0.3, 0.4) is 0 Å². The summed E-state index contributed by atoms with van der Waals surface area (Å²) in [6, 6.07) is 10.4. The molecule has 35 heavy (non-hydrogen) atoms. The van der Waals surface area contributed by atoms with Gasteiger partial charge in [0.05, 0.1) is 5.54 Å². The zero-order valence-electron chi connectivity index (χ0n) is 22.8. The number of hydroxylamine groups is 2. The van der Waals surface area contributed by atoms with Crippen LogP contribution in [-0.2, 0) is 25.6 Å². The third-order valence-electron chi connectivity index (χ3n) is 7.90. The Morgan fingerprint density at radius 2 is 1.49 bits per heavy atom. The number of carbonyl (C=O) groups excluding carboxylic acids is 2. The summed E-state index contributed by atoms with van der Waals surface area (Å²) in [7, 11) is 0. The van der Waals surface area contributed by atoms with Gasteiger partial charge in [-0.3, -0.25) is 14.5 Å². The number of nitrogens with zero attached hydrogens (tertiary/aromatic N) is 2. The van der Waals surface area contributed by atoms with Crippen molar-refractivity contribution in [3.63, 3.8) is 0 Å². The van der Waals surface area contributed by atoms with E-state index in [1.807, 2.05) is 33.8 Å². The summed E-state index contributed by atoms with van der Waals surface area (Å²) in [6.45, 7) is 17.2. The molecule has 2 aliphatic heterocycles. The molecule has 2 unspecified atom stereocenters. The number of carbonyl (C=O) groups is 2. The fourth-order valence-electron chi connectivity index (χ4n) is 5.97. The van der Waals surface area contributed by atoms with E-state index in [-0.39, 0.29) is 17.2 Å². The molecule has 2 aliphatic rings. The molecule has 2 heterocycles. The fraction of sp³-hybridized carbons (Fsp3) is 0.714. The number of ether oxygens (including phenoxy) is 2. The zero-order valence-corrected chi connectivity index (χ0v) is 22.8. The highest BCUT2D eigenvalue weighted by atomic mass is 16.6. The van der Waals surface area contributed by atoms with E-state index in [4.69, 9.17) is 9.47 Å². The second kappa shape index (κ2) is 9.83. The van der Waals surface area contributed by atoms with E-state index in [0.29, 0.717) is 12.8 Å². The highest BCUT2D eigenvalue weighted by Gasteiger charge is 2.53. The molecule has 0 aromatic heterocycles. The molecule has 0 spiro atoms. The summed E-state index contributed by atoms with van der Waals surface area (Å²) < 4.78 is 11.4. The predicted octanol–water partition coefficient (Wildman–Crippen LogP) is 5.10. The van der Waals surface area contributed by atoms with Gasteiger partial charge in [-0.05, 0) is 73.8 Å². The predicted molar refractivity (Wildman–Crippen MR) is 135 cm³/mol. The van der Waals surface area contributed by atoms with Gasteiger partial charge in [-0.1, -0.05) is 30.3 Å². The summed E-state index contributed by atoms with van der Waals surface area (Å²) in [4.78, 5) is 27.8. The molecule has 3 rings (SSSR count). The van der Waals surface area contributed by atoms with Crippen molar-refractivity contribution in [3.05, 3.63) is 35.9 Å². The van der Waals surface area contributed by atoms with E-state index in [1.165, 1.54) is 10.6 Å². The van der Waals surface area contributed by atoms with Crippen LogP contribution in [0.4, 0.5) is 0 Å². The van der Waals surface area contributed by atoms with Crippen molar-refractivity contribution in [1.29, 1.82) is 0 Å². The lowest BCUT2D eigenvalue weighted by atomic mass is 9.90. The Kier molecular flexibility index (Phi) is 7.76. The number of likely N-dealkylation sites (tertiary alicyclic amines) is 1. The molecule has 1 N–H and O–H groups in total. The average molecular weight is 489 g/mol. The third kappa shape index (κ3) is 6.25. The maximum absolute atomic E-state index is 12.7. The Labute approximate surface area is 210 Å². The summed E-state index contributed by atoms with van der Waals surface area (Å²) in [6.07, 6.45) is 1.60. The lowest BCUT2D eigenvalue weighted by molar-refractivity contribution is -0.205. The Bertz CT molecular complexity index is 909. The number of esters is 2. The molecule has 7 nitrogen and oxygen atoms in total. The van der Waals surface area contributed by atoms with Crippen LogP contribution < -0.4 is 0 Å². The van der Waals surface area contributed by atoms with E-state index < -0.39 is 35.5 Å². The molecule has 0 saturated carbocycles. The van der Waals surface area contributed by atoms with Crippen LogP contribution in [0.25, 0.3) is 0 Å². The molecule has 2 saturated heterocycles. The lowest BCUT2D eigenvalue weighted by Gasteiger charge is -2.47. The normalized spacial score (nSPS) is 27.7. The van der Waals surface area contributed by atoms with Gasteiger partial charge in [0.1, 0.15) is 18.6 Å².